The van der Waals surface area contributed by atoms with E-state index in [2.05, 4.69) is 15.5 Å². The third kappa shape index (κ3) is 6.81. The quantitative estimate of drug-likeness (QED) is 0.222. The van der Waals surface area contributed by atoms with Crippen molar-refractivity contribution < 1.29 is 32.6 Å². The molecule has 0 spiro atoms. The van der Waals surface area contributed by atoms with Crippen molar-refractivity contribution in [1.29, 1.82) is 0 Å². The summed E-state index contributed by atoms with van der Waals surface area (Å²) < 4.78 is 46.1. The van der Waals surface area contributed by atoms with Crippen LogP contribution in [0.1, 0.15) is 21.5 Å². The largest absolute Gasteiger partial charge is 0.506 e. The van der Waals surface area contributed by atoms with Crippen LogP contribution in [0.25, 0.3) is 10.8 Å². The molecule has 0 aliphatic carbocycles. The minimum absolute atomic E-state index is 0.0444. The van der Waals surface area contributed by atoms with E-state index in [4.69, 9.17) is 16.3 Å². The summed E-state index contributed by atoms with van der Waals surface area (Å²) in [5.41, 5.74) is 2.52. The number of fused-ring (bicyclic) bond motifs is 1. The normalized spacial score (nSPS) is 13.9. The fraction of sp³-hybridized carbons (Fsp3) is 0.200. The van der Waals surface area contributed by atoms with E-state index in [9.17, 15) is 27.9 Å². The molecule has 1 saturated heterocycles. The molecule has 222 valence electrons. The first-order chi connectivity index (χ1) is 20.6. The van der Waals surface area contributed by atoms with Crippen LogP contribution in [-0.4, -0.2) is 65.8 Å². The number of halogens is 4. The Morgan fingerprint density at radius 2 is 1.77 bits per heavy atom. The standard InChI is InChI=1S/C30H25ClF3N5O4/c31-24-16-19(7-9-25(24)40)29(42)37-36-17-20-8-10-26(22-5-2-1-4-21(20)22)43-18-27(41)38-12-14-39(15-13-38)28-23(30(32,33)34)6-3-11-35-28/h1-11,16-17,40H,12-15,18H2,(H,37,42)/b36-17+. The number of hydrogen-bond acceptors (Lipinski definition) is 7. The van der Waals surface area contributed by atoms with E-state index in [0.717, 1.165) is 16.8 Å². The second-order valence-electron chi connectivity index (χ2n) is 9.59. The number of nitrogens with one attached hydrogen (secondary N) is 1. The van der Waals surface area contributed by atoms with Gasteiger partial charge in [-0.3, -0.25) is 9.59 Å². The summed E-state index contributed by atoms with van der Waals surface area (Å²) in [4.78, 5) is 32.3. The van der Waals surface area contributed by atoms with Crippen LogP contribution >= 0.6 is 11.6 Å². The van der Waals surface area contributed by atoms with E-state index in [1.807, 2.05) is 24.3 Å². The number of benzene rings is 3. The summed E-state index contributed by atoms with van der Waals surface area (Å²) in [6.07, 6.45) is -1.73. The molecular formula is C30H25ClF3N5O4. The number of aromatic hydroxyl groups is 1. The van der Waals surface area contributed by atoms with Crippen molar-refractivity contribution in [1.82, 2.24) is 15.3 Å². The van der Waals surface area contributed by atoms with Crippen LogP contribution in [0.3, 0.4) is 0 Å². The van der Waals surface area contributed by atoms with E-state index >= 15 is 0 Å². The van der Waals surface area contributed by atoms with Crippen molar-refractivity contribution in [2.75, 3.05) is 37.7 Å². The van der Waals surface area contributed by atoms with E-state index in [1.54, 1.807) is 17.0 Å². The molecule has 2 heterocycles. The Balaban J connectivity index is 1.20. The number of phenolic OH excluding ortho intramolecular Hbond substituents is 1. The fourth-order valence-electron chi connectivity index (χ4n) is 4.67. The number of ether oxygens (including phenoxy) is 1. The van der Waals surface area contributed by atoms with Gasteiger partial charge in [-0.25, -0.2) is 10.4 Å². The van der Waals surface area contributed by atoms with Gasteiger partial charge < -0.3 is 19.6 Å². The molecule has 0 saturated carbocycles. The molecule has 4 aromatic rings. The maximum absolute atomic E-state index is 13.4. The molecule has 0 radical (unpaired) electrons. The maximum Gasteiger partial charge on any atom is 0.419 e. The first kappa shape index (κ1) is 29.6. The van der Waals surface area contributed by atoms with Gasteiger partial charge in [0.25, 0.3) is 11.8 Å². The number of hydrogen-bond donors (Lipinski definition) is 2. The Bertz CT molecular complexity index is 1690. The average Bonchev–Trinajstić information content (AvgIpc) is 3.01. The van der Waals surface area contributed by atoms with Gasteiger partial charge in [-0.1, -0.05) is 35.9 Å². The number of carbonyl (C=O) groups is 2. The highest BCUT2D eigenvalue weighted by Crippen LogP contribution is 2.35. The number of aromatic nitrogens is 1. The van der Waals surface area contributed by atoms with Crippen LogP contribution in [0.15, 0.2) is 78.0 Å². The number of amides is 2. The molecule has 9 nitrogen and oxygen atoms in total. The second kappa shape index (κ2) is 12.6. The molecule has 5 rings (SSSR count). The molecule has 3 aromatic carbocycles. The van der Waals surface area contributed by atoms with Gasteiger partial charge in [-0.2, -0.15) is 18.3 Å². The van der Waals surface area contributed by atoms with Gasteiger partial charge in [0.1, 0.15) is 17.3 Å². The summed E-state index contributed by atoms with van der Waals surface area (Å²) in [5, 5.41) is 15.1. The lowest BCUT2D eigenvalue weighted by molar-refractivity contribution is -0.137. The molecule has 2 amide bonds. The molecule has 1 aromatic heterocycles. The highest BCUT2D eigenvalue weighted by molar-refractivity contribution is 6.32. The Kier molecular flexibility index (Phi) is 8.67. The molecule has 0 bridgehead atoms. The van der Waals surface area contributed by atoms with Gasteiger partial charge >= 0.3 is 6.18 Å². The van der Waals surface area contributed by atoms with Crippen molar-refractivity contribution in [3.05, 3.63) is 94.6 Å². The second-order valence-corrected chi connectivity index (χ2v) is 10.00. The SMILES string of the molecule is O=C(N/N=C/c1ccc(OCC(=O)N2CCN(c3ncccc3C(F)(F)F)CC2)c2ccccc12)c1ccc(O)c(Cl)c1. The van der Waals surface area contributed by atoms with Crippen LogP contribution in [0.5, 0.6) is 11.5 Å². The highest BCUT2D eigenvalue weighted by Gasteiger charge is 2.36. The summed E-state index contributed by atoms with van der Waals surface area (Å²) in [6.45, 7) is 0.626. The lowest BCUT2D eigenvalue weighted by atomic mass is 10.0. The van der Waals surface area contributed by atoms with E-state index in [0.29, 0.717) is 11.3 Å². The van der Waals surface area contributed by atoms with Crippen LogP contribution < -0.4 is 15.1 Å². The summed E-state index contributed by atoms with van der Waals surface area (Å²) in [7, 11) is 0. The molecule has 0 unspecified atom stereocenters. The summed E-state index contributed by atoms with van der Waals surface area (Å²) in [5.74, 6) is -0.613. The number of phenols is 1. The summed E-state index contributed by atoms with van der Waals surface area (Å²) in [6, 6.07) is 17.1. The number of carbonyl (C=O) groups excluding carboxylic acids is 2. The van der Waals surface area contributed by atoms with Crippen LogP contribution in [0.4, 0.5) is 19.0 Å². The number of piperazine rings is 1. The summed E-state index contributed by atoms with van der Waals surface area (Å²) >= 11 is 5.86. The first-order valence-corrected chi connectivity index (χ1v) is 13.5. The first-order valence-electron chi connectivity index (χ1n) is 13.1. The zero-order valence-corrected chi connectivity index (χ0v) is 23.3. The van der Waals surface area contributed by atoms with Gasteiger partial charge in [0.15, 0.2) is 6.61 Å². The highest BCUT2D eigenvalue weighted by atomic mass is 35.5. The zero-order valence-electron chi connectivity index (χ0n) is 22.5. The Hall–Kier alpha value is -4.84. The molecule has 0 atom stereocenters. The number of hydrazone groups is 1. The molecule has 43 heavy (non-hydrogen) atoms. The zero-order chi connectivity index (χ0) is 30.6. The van der Waals surface area contributed by atoms with Crippen molar-refractivity contribution in [2.45, 2.75) is 6.18 Å². The van der Waals surface area contributed by atoms with Gasteiger partial charge in [0.2, 0.25) is 0 Å². The molecule has 1 aliphatic heterocycles. The molecule has 1 fully saturated rings. The van der Waals surface area contributed by atoms with Crippen molar-refractivity contribution >= 4 is 46.2 Å². The third-order valence-electron chi connectivity index (χ3n) is 6.87. The lowest BCUT2D eigenvalue weighted by Crippen LogP contribution is -2.50. The fourth-order valence-corrected chi connectivity index (χ4v) is 4.86. The lowest BCUT2D eigenvalue weighted by Gasteiger charge is -2.36. The number of pyridine rings is 1. The van der Waals surface area contributed by atoms with Crippen LogP contribution in [0.2, 0.25) is 5.02 Å². The third-order valence-corrected chi connectivity index (χ3v) is 7.18. The predicted molar refractivity (Wildman–Crippen MR) is 156 cm³/mol. The van der Waals surface area contributed by atoms with Crippen molar-refractivity contribution in [2.24, 2.45) is 5.10 Å². The minimum atomic E-state index is -4.52. The number of anilines is 1. The molecule has 13 heteroatoms. The number of rotatable bonds is 7. The van der Waals surface area contributed by atoms with Gasteiger partial charge in [0, 0.05) is 48.9 Å². The van der Waals surface area contributed by atoms with Crippen molar-refractivity contribution in [3.63, 3.8) is 0 Å². The van der Waals surface area contributed by atoms with Crippen LogP contribution in [0, 0.1) is 0 Å². The van der Waals surface area contributed by atoms with E-state index in [-0.39, 0.29) is 60.8 Å². The molecular weight excluding hydrogens is 587 g/mol. The average molecular weight is 612 g/mol. The van der Waals surface area contributed by atoms with Gasteiger partial charge in [0.05, 0.1) is 16.8 Å². The van der Waals surface area contributed by atoms with Gasteiger partial charge in [-0.05, 0) is 47.9 Å². The Morgan fingerprint density at radius 3 is 2.49 bits per heavy atom. The van der Waals surface area contributed by atoms with E-state index in [1.165, 1.54) is 41.6 Å². The predicted octanol–water partition coefficient (Wildman–Crippen LogP) is 5.10. The van der Waals surface area contributed by atoms with Gasteiger partial charge in [-0.15, -0.1) is 0 Å². The number of nitrogens with zero attached hydrogens (tertiary/aromatic N) is 4. The maximum atomic E-state index is 13.4. The molecule has 2 N–H and O–H groups in total. The van der Waals surface area contributed by atoms with E-state index < -0.39 is 17.6 Å². The number of alkyl halides is 3. The van der Waals surface area contributed by atoms with Crippen molar-refractivity contribution in [3.8, 4) is 11.5 Å². The van der Waals surface area contributed by atoms with Crippen LogP contribution in [-0.2, 0) is 11.0 Å². The smallest absolute Gasteiger partial charge is 0.419 e. The topological polar surface area (TPSA) is 107 Å². The minimum Gasteiger partial charge on any atom is -0.506 e. The monoisotopic (exact) mass is 611 g/mol. The Labute approximate surface area is 249 Å². The Morgan fingerprint density at radius 1 is 1.02 bits per heavy atom. The molecule has 1 aliphatic rings.